The number of fused-ring (bicyclic) bond motifs is 1. The first kappa shape index (κ1) is 20.5. The molecule has 1 aliphatic heterocycles. The average Bonchev–Trinajstić information content (AvgIpc) is 3.32. The van der Waals surface area contributed by atoms with Crippen LogP contribution in [0.5, 0.6) is 0 Å². The molecule has 2 aromatic heterocycles. The molecule has 1 atom stereocenters. The fourth-order valence-corrected chi connectivity index (χ4v) is 4.61. The molecular formula is C25H28N6O. The van der Waals surface area contributed by atoms with Crippen molar-refractivity contribution < 1.29 is 4.79 Å². The number of hydrogen-bond acceptors (Lipinski definition) is 6. The molecule has 0 unspecified atom stereocenters. The lowest BCUT2D eigenvalue weighted by atomic mass is 9.96. The van der Waals surface area contributed by atoms with Crippen LogP contribution in [-0.2, 0) is 24.2 Å². The monoisotopic (exact) mass is 428 g/mol. The van der Waals surface area contributed by atoms with Crippen LogP contribution in [0.15, 0.2) is 42.7 Å². The van der Waals surface area contributed by atoms with Crippen LogP contribution < -0.4 is 10.2 Å². The lowest BCUT2D eigenvalue weighted by molar-refractivity contribution is -0.125. The van der Waals surface area contributed by atoms with E-state index in [1.54, 1.807) is 12.4 Å². The van der Waals surface area contributed by atoms with E-state index in [2.05, 4.69) is 32.3 Å². The topological polar surface area (TPSA) is 83.9 Å². The van der Waals surface area contributed by atoms with Gasteiger partial charge in [-0.05, 0) is 39.0 Å². The molecule has 2 aliphatic rings. The Balaban J connectivity index is 1.33. The number of rotatable bonds is 5. The highest BCUT2D eigenvalue weighted by atomic mass is 16.1. The average molecular weight is 429 g/mol. The number of piperidine rings is 1. The van der Waals surface area contributed by atoms with E-state index in [4.69, 9.17) is 9.97 Å². The van der Waals surface area contributed by atoms with E-state index in [0.717, 1.165) is 67.2 Å². The lowest BCUT2D eigenvalue weighted by Gasteiger charge is -2.34. The minimum absolute atomic E-state index is 0.0608. The maximum Gasteiger partial charge on any atom is 0.225 e. The predicted octanol–water partition coefficient (Wildman–Crippen LogP) is 3.26. The second kappa shape index (κ2) is 9.02. The standard InChI is InChI=1S/C25H28N6O/c1-17-13-27-20(14-26-17)15-28-25(32)19-9-6-12-31(16-19)24-21-10-5-11-22(21)29-23(30-24)18-7-3-2-4-8-18/h2-4,7-8,13-14,19H,5-6,9-12,15-16H2,1H3,(H,28,32)/t19-/m0/s1. The molecule has 1 N–H and O–H groups in total. The minimum atomic E-state index is -0.0608. The van der Waals surface area contributed by atoms with Gasteiger partial charge in [0.1, 0.15) is 5.82 Å². The molecule has 32 heavy (non-hydrogen) atoms. The first-order valence-corrected chi connectivity index (χ1v) is 11.4. The first-order chi connectivity index (χ1) is 15.7. The van der Waals surface area contributed by atoms with Gasteiger partial charge in [-0.3, -0.25) is 14.8 Å². The second-order valence-electron chi connectivity index (χ2n) is 8.67. The Bertz CT molecular complexity index is 1100. The third kappa shape index (κ3) is 4.33. The zero-order valence-corrected chi connectivity index (χ0v) is 18.4. The van der Waals surface area contributed by atoms with Crippen molar-refractivity contribution in [1.82, 2.24) is 25.3 Å². The van der Waals surface area contributed by atoms with E-state index in [-0.39, 0.29) is 11.8 Å². The van der Waals surface area contributed by atoms with E-state index >= 15 is 0 Å². The van der Waals surface area contributed by atoms with Gasteiger partial charge in [-0.2, -0.15) is 0 Å². The molecule has 5 rings (SSSR count). The zero-order valence-electron chi connectivity index (χ0n) is 18.4. The SMILES string of the molecule is Cc1cnc(CNC(=O)[C@H]2CCCN(c3nc(-c4ccccc4)nc4c3CCC4)C2)cn1. The van der Waals surface area contributed by atoms with Crippen LogP contribution in [-0.4, -0.2) is 38.9 Å². The highest BCUT2D eigenvalue weighted by Crippen LogP contribution is 2.33. The molecule has 1 amide bonds. The van der Waals surface area contributed by atoms with Crippen LogP contribution in [0.25, 0.3) is 11.4 Å². The Hall–Kier alpha value is -3.35. The number of carbonyl (C=O) groups excluding carboxylic acids is 1. The van der Waals surface area contributed by atoms with Crippen molar-refractivity contribution in [3.05, 3.63) is 65.4 Å². The smallest absolute Gasteiger partial charge is 0.225 e. The first-order valence-electron chi connectivity index (χ1n) is 11.4. The summed E-state index contributed by atoms with van der Waals surface area (Å²) >= 11 is 0. The van der Waals surface area contributed by atoms with E-state index in [1.807, 2.05) is 25.1 Å². The highest BCUT2D eigenvalue weighted by molar-refractivity contribution is 5.79. The molecule has 0 bridgehead atoms. The van der Waals surface area contributed by atoms with E-state index < -0.39 is 0 Å². The van der Waals surface area contributed by atoms with Crippen molar-refractivity contribution in [2.45, 2.75) is 45.6 Å². The van der Waals surface area contributed by atoms with Crippen molar-refractivity contribution in [3.8, 4) is 11.4 Å². The summed E-state index contributed by atoms with van der Waals surface area (Å²) in [6.45, 7) is 3.91. The Morgan fingerprint density at radius 1 is 1.09 bits per heavy atom. The van der Waals surface area contributed by atoms with Crippen LogP contribution in [0, 0.1) is 12.8 Å². The number of anilines is 1. The summed E-state index contributed by atoms with van der Waals surface area (Å²) in [4.78, 5) is 33.7. The molecular weight excluding hydrogens is 400 g/mol. The van der Waals surface area contributed by atoms with Gasteiger partial charge in [0.05, 0.1) is 30.0 Å². The van der Waals surface area contributed by atoms with Gasteiger partial charge in [-0.1, -0.05) is 30.3 Å². The number of aryl methyl sites for hydroxylation is 2. The lowest BCUT2D eigenvalue weighted by Crippen LogP contribution is -2.43. The maximum absolute atomic E-state index is 12.9. The summed E-state index contributed by atoms with van der Waals surface area (Å²) in [6, 6.07) is 10.2. The number of nitrogens with zero attached hydrogens (tertiary/aromatic N) is 5. The predicted molar refractivity (Wildman–Crippen MR) is 123 cm³/mol. The minimum Gasteiger partial charge on any atom is -0.355 e. The van der Waals surface area contributed by atoms with Gasteiger partial charge in [-0.15, -0.1) is 0 Å². The van der Waals surface area contributed by atoms with Crippen molar-refractivity contribution in [3.63, 3.8) is 0 Å². The number of benzene rings is 1. The Morgan fingerprint density at radius 2 is 1.97 bits per heavy atom. The van der Waals surface area contributed by atoms with E-state index in [1.165, 1.54) is 11.3 Å². The highest BCUT2D eigenvalue weighted by Gasteiger charge is 2.30. The normalized spacial score (nSPS) is 17.8. The third-order valence-corrected chi connectivity index (χ3v) is 6.31. The molecule has 3 aromatic rings. The third-order valence-electron chi connectivity index (χ3n) is 6.31. The Labute approximate surface area is 188 Å². The second-order valence-corrected chi connectivity index (χ2v) is 8.67. The van der Waals surface area contributed by atoms with Gasteiger partial charge in [0.25, 0.3) is 0 Å². The van der Waals surface area contributed by atoms with Crippen LogP contribution >= 0.6 is 0 Å². The molecule has 164 valence electrons. The van der Waals surface area contributed by atoms with Crippen LogP contribution in [0.4, 0.5) is 5.82 Å². The summed E-state index contributed by atoms with van der Waals surface area (Å²) in [7, 11) is 0. The molecule has 0 radical (unpaired) electrons. The summed E-state index contributed by atoms with van der Waals surface area (Å²) < 4.78 is 0. The molecule has 0 spiro atoms. The van der Waals surface area contributed by atoms with E-state index in [9.17, 15) is 4.79 Å². The van der Waals surface area contributed by atoms with E-state index in [0.29, 0.717) is 13.1 Å². The van der Waals surface area contributed by atoms with Gasteiger partial charge < -0.3 is 10.2 Å². The summed E-state index contributed by atoms with van der Waals surface area (Å²) in [6.07, 6.45) is 8.44. The summed E-state index contributed by atoms with van der Waals surface area (Å²) in [5.41, 5.74) is 5.11. The largest absolute Gasteiger partial charge is 0.355 e. The molecule has 7 heteroatoms. The quantitative estimate of drug-likeness (QED) is 0.672. The Kier molecular flexibility index (Phi) is 5.79. The molecule has 1 aliphatic carbocycles. The maximum atomic E-state index is 12.9. The molecule has 0 saturated carbocycles. The zero-order chi connectivity index (χ0) is 21.9. The van der Waals surface area contributed by atoms with Gasteiger partial charge in [-0.25, -0.2) is 9.97 Å². The van der Waals surface area contributed by atoms with Crippen LogP contribution in [0.3, 0.4) is 0 Å². The van der Waals surface area contributed by atoms with Gasteiger partial charge in [0.2, 0.25) is 5.91 Å². The molecule has 1 fully saturated rings. The van der Waals surface area contributed by atoms with Crippen molar-refractivity contribution in [2.24, 2.45) is 5.92 Å². The van der Waals surface area contributed by atoms with Crippen molar-refractivity contribution >= 4 is 11.7 Å². The van der Waals surface area contributed by atoms with Gasteiger partial charge in [0, 0.05) is 36.1 Å². The fraction of sp³-hybridized carbons (Fsp3) is 0.400. The molecule has 1 saturated heterocycles. The summed E-state index contributed by atoms with van der Waals surface area (Å²) in [5, 5.41) is 3.05. The van der Waals surface area contributed by atoms with Crippen LogP contribution in [0.1, 0.15) is 41.9 Å². The molecule has 7 nitrogen and oxygen atoms in total. The number of aromatic nitrogens is 4. The number of carbonyl (C=O) groups is 1. The molecule has 3 heterocycles. The van der Waals surface area contributed by atoms with Crippen molar-refractivity contribution in [2.75, 3.05) is 18.0 Å². The number of nitrogens with one attached hydrogen (secondary N) is 1. The van der Waals surface area contributed by atoms with Crippen LogP contribution in [0.2, 0.25) is 0 Å². The van der Waals surface area contributed by atoms with Gasteiger partial charge in [0.15, 0.2) is 5.82 Å². The number of amides is 1. The fourth-order valence-electron chi connectivity index (χ4n) is 4.61. The molecule has 1 aromatic carbocycles. The van der Waals surface area contributed by atoms with Crippen molar-refractivity contribution in [1.29, 1.82) is 0 Å². The summed E-state index contributed by atoms with van der Waals surface area (Å²) in [5.74, 6) is 1.82. The number of hydrogen-bond donors (Lipinski definition) is 1. The Morgan fingerprint density at radius 3 is 2.78 bits per heavy atom. The van der Waals surface area contributed by atoms with Gasteiger partial charge >= 0.3 is 0 Å².